The average Bonchev–Trinajstić information content (AvgIpc) is 2.93. The molecule has 1 fully saturated rings. The third kappa shape index (κ3) is 4.06. The Morgan fingerprint density at radius 1 is 0.967 bits per heavy atom. The third-order valence-electron chi connectivity index (χ3n) is 5.87. The molecule has 1 saturated heterocycles. The van der Waals surface area contributed by atoms with Gasteiger partial charge < -0.3 is 9.80 Å². The molecule has 6 nitrogen and oxygen atoms in total. The van der Waals surface area contributed by atoms with Gasteiger partial charge in [0.25, 0.3) is 5.91 Å². The molecule has 0 saturated carbocycles. The van der Waals surface area contributed by atoms with E-state index in [1.807, 2.05) is 25.2 Å². The first-order chi connectivity index (χ1) is 14.4. The summed E-state index contributed by atoms with van der Waals surface area (Å²) in [4.78, 5) is 17.2. The van der Waals surface area contributed by atoms with Crippen molar-refractivity contribution < 1.29 is 13.2 Å². The molecule has 160 valence electrons. The normalized spacial score (nSPS) is 18.1. The number of para-hydroxylation sites is 1. The largest absolute Gasteiger partial charge is 0.373 e. The Hall–Kier alpha value is -2.09. The van der Waals surface area contributed by atoms with Crippen molar-refractivity contribution in [1.29, 1.82) is 0 Å². The van der Waals surface area contributed by atoms with Crippen molar-refractivity contribution in [2.24, 2.45) is 0 Å². The molecule has 2 aliphatic heterocycles. The number of hydrogen-bond donors (Lipinski definition) is 0. The lowest BCUT2D eigenvalue weighted by atomic mass is 10.1. The highest BCUT2D eigenvalue weighted by Crippen LogP contribution is 2.29. The molecule has 2 aromatic rings. The quantitative estimate of drug-likeness (QED) is 0.721. The topological polar surface area (TPSA) is 60.9 Å². The summed E-state index contributed by atoms with van der Waals surface area (Å²) >= 11 is 6.27. The van der Waals surface area contributed by atoms with Gasteiger partial charge in [0.1, 0.15) is 4.90 Å². The fourth-order valence-corrected chi connectivity index (χ4v) is 6.14. The average molecular weight is 448 g/mol. The van der Waals surface area contributed by atoms with E-state index in [0.29, 0.717) is 38.3 Å². The first kappa shape index (κ1) is 21.2. The SMILES string of the molecule is CN1CCN(C(=O)c2ccc(Cl)c(S(=O)(=O)N3CCCCC3)c2)Cc2ccccc21. The number of anilines is 1. The van der Waals surface area contributed by atoms with Crippen molar-refractivity contribution in [3.05, 3.63) is 58.6 Å². The van der Waals surface area contributed by atoms with E-state index in [0.717, 1.165) is 30.5 Å². The van der Waals surface area contributed by atoms with Gasteiger partial charge in [0, 0.05) is 51.0 Å². The lowest BCUT2D eigenvalue weighted by Gasteiger charge is -2.26. The van der Waals surface area contributed by atoms with Crippen molar-refractivity contribution >= 4 is 33.2 Å². The number of hydrogen-bond acceptors (Lipinski definition) is 4. The number of fused-ring (bicyclic) bond motifs is 1. The van der Waals surface area contributed by atoms with Crippen LogP contribution in [0.3, 0.4) is 0 Å². The van der Waals surface area contributed by atoms with Crippen LogP contribution >= 0.6 is 11.6 Å². The monoisotopic (exact) mass is 447 g/mol. The minimum Gasteiger partial charge on any atom is -0.373 e. The number of rotatable bonds is 3. The highest BCUT2D eigenvalue weighted by atomic mass is 35.5. The molecule has 0 N–H and O–H groups in total. The van der Waals surface area contributed by atoms with E-state index >= 15 is 0 Å². The van der Waals surface area contributed by atoms with Crippen LogP contribution in [0.2, 0.25) is 5.02 Å². The minimum absolute atomic E-state index is 0.0178. The van der Waals surface area contributed by atoms with Gasteiger partial charge in [0.15, 0.2) is 0 Å². The van der Waals surface area contributed by atoms with Crippen molar-refractivity contribution in [3.8, 4) is 0 Å². The number of piperidine rings is 1. The Morgan fingerprint density at radius 3 is 2.47 bits per heavy atom. The summed E-state index contributed by atoms with van der Waals surface area (Å²) in [6, 6.07) is 12.6. The molecule has 0 radical (unpaired) electrons. The van der Waals surface area contributed by atoms with Crippen LogP contribution in [0.15, 0.2) is 47.4 Å². The summed E-state index contributed by atoms with van der Waals surface area (Å²) in [5, 5.41) is 0.151. The summed E-state index contributed by atoms with van der Waals surface area (Å²) in [7, 11) is -1.71. The van der Waals surface area contributed by atoms with Crippen LogP contribution < -0.4 is 4.90 Å². The van der Waals surface area contributed by atoms with Gasteiger partial charge in [-0.05, 0) is 42.7 Å². The number of amides is 1. The number of sulfonamides is 1. The van der Waals surface area contributed by atoms with Crippen LogP contribution in [-0.2, 0) is 16.6 Å². The van der Waals surface area contributed by atoms with Crippen LogP contribution in [0.4, 0.5) is 5.69 Å². The maximum absolute atomic E-state index is 13.3. The molecular formula is C22H26ClN3O3S. The predicted octanol–water partition coefficient (Wildman–Crippen LogP) is 3.61. The molecule has 0 spiro atoms. The van der Waals surface area contributed by atoms with Crippen molar-refractivity contribution in [2.75, 3.05) is 38.1 Å². The van der Waals surface area contributed by atoms with Crippen LogP contribution in [0.5, 0.6) is 0 Å². The summed E-state index contributed by atoms with van der Waals surface area (Å²) in [6.07, 6.45) is 2.72. The Morgan fingerprint density at radius 2 is 1.70 bits per heavy atom. The lowest BCUT2D eigenvalue weighted by Crippen LogP contribution is -2.36. The molecule has 2 aliphatic rings. The summed E-state index contributed by atoms with van der Waals surface area (Å²) in [6.45, 7) is 2.73. The molecule has 1 amide bonds. The maximum Gasteiger partial charge on any atom is 0.254 e. The fourth-order valence-electron chi connectivity index (χ4n) is 4.13. The zero-order valence-electron chi connectivity index (χ0n) is 17.1. The van der Waals surface area contributed by atoms with E-state index in [1.54, 1.807) is 11.0 Å². The fraction of sp³-hybridized carbons (Fsp3) is 0.409. The van der Waals surface area contributed by atoms with E-state index in [1.165, 1.54) is 16.4 Å². The van der Waals surface area contributed by atoms with Gasteiger partial charge in [0.2, 0.25) is 10.0 Å². The molecule has 2 aromatic carbocycles. The van der Waals surface area contributed by atoms with Gasteiger partial charge in [-0.15, -0.1) is 0 Å². The first-order valence-corrected chi connectivity index (χ1v) is 12.1. The third-order valence-corrected chi connectivity index (χ3v) is 8.25. The van der Waals surface area contributed by atoms with Gasteiger partial charge in [-0.2, -0.15) is 4.31 Å². The number of benzene rings is 2. The van der Waals surface area contributed by atoms with Gasteiger partial charge in [-0.25, -0.2) is 8.42 Å². The van der Waals surface area contributed by atoms with E-state index in [-0.39, 0.29) is 15.8 Å². The zero-order chi connectivity index (χ0) is 21.3. The second-order valence-electron chi connectivity index (χ2n) is 7.89. The second kappa shape index (κ2) is 8.57. The number of halogens is 1. The number of carbonyl (C=O) groups excluding carboxylic acids is 1. The van der Waals surface area contributed by atoms with Crippen LogP contribution in [0, 0.1) is 0 Å². The maximum atomic E-state index is 13.3. The molecular weight excluding hydrogens is 422 g/mol. The molecule has 2 heterocycles. The molecule has 0 aromatic heterocycles. The van der Waals surface area contributed by atoms with Gasteiger partial charge in [0.05, 0.1) is 5.02 Å². The number of carbonyl (C=O) groups is 1. The lowest BCUT2D eigenvalue weighted by molar-refractivity contribution is 0.0751. The molecule has 0 aliphatic carbocycles. The predicted molar refractivity (Wildman–Crippen MR) is 119 cm³/mol. The Kier molecular flexibility index (Phi) is 6.04. The van der Waals surface area contributed by atoms with E-state index in [2.05, 4.69) is 11.0 Å². The van der Waals surface area contributed by atoms with Crippen LogP contribution in [0.1, 0.15) is 35.2 Å². The van der Waals surface area contributed by atoms with Crippen molar-refractivity contribution in [3.63, 3.8) is 0 Å². The van der Waals surface area contributed by atoms with E-state index < -0.39 is 10.0 Å². The minimum atomic E-state index is -3.72. The van der Waals surface area contributed by atoms with Crippen LogP contribution in [0.25, 0.3) is 0 Å². The standard InChI is InChI=1S/C22H26ClN3O3S/c1-24-13-14-25(16-18-7-3-4-8-20(18)24)22(27)17-9-10-19(23)21(15-17)30(28,29)26-11-5-2-6-12-26/h3-4,7-10,15H,2,5-6,11-14,16H2,1H3. The van der Waals surface area contributed by atoms with Gasteiger partial charge in [-0.3, -0.25) is 4.79 Å². The number of nitrogens with zero attached hydrogens (tertiary/aromatic N) is 3. The highest BCUT2D eigenvalue weighted by Gasteiger charge is 2.30. The second-order valence-corrected chi connectivity index (χ2v) is 10.2. The molecule has 0 bridgehead atoms. The summed E-state index contributed by atoms with van der Waals surface area (Å²) in [5.41, 5.74) is 2.52. The molecule has 0 atom stereocenters. The van der Waals surface area contributed by atoms with Gasteiger partial charge in [-0.1, -0.05) is 36.2 Å². The van der Waals surface area contributed by atoms with Crippen molar-refractivity contribution in [2.45, 2.75) is 30.7 Å². The Labute approximate surface area is 183 Å². The van der Waals surface area contributed by atoms with Crippen LogP contribution in [-0.4, -0.2) is 56.8 Å². The van der Waals surface area contributed by atoms with Gasteiger partial charge >= 0.3 is 0 Å². The van der Waals surface area contributed by atoms with E-state index in [4.69, 9.17) is 11.6 Å². The molecule has 4 rings (SSSR count). The zero-order valence-corrected chi connectivity index (χ0v) is 18.6. The molecule has 30 heavy (non-hydrogen) atoms. The first-order valence-electron chi connectivity index (χ1n) is 10.3. The molecule has 0 unspecified atom stereocenters. The highest BCUT2D eigenvalue weighted by molar-refractivity contribution is 7.89. The number of likely N-dealkylation sites (N-methyl/N-ethyl adjacent to an activating group) is 1. The van der Waals surface area contributed by atoms with Crippen molar-refractivity contribution in [1.82, 2.24) is 9.21 Å². The van der Waals surface area contributed by atoms with E-state index in [9.17, 15) is 13.2 Å². The Balaban J connectivity index is 1.63. The smallest absolute Gasteiger partial charge is 0.254 e. The summed E-state index contributed by atoms with van der Waals surface area (Å²) in [5.74, 6) is -0.188. The Bertz CT molecular complexity index is 1050. The molecule has 8 heteroatoms. The summed E-state index contributed by atoms with van der Waals surface area (Å²) < 4.78 is 27.7.